The van der Waals surface area contributed by atoms with Gasteiger partial charge in [-0.25, -0.2) is 0 Å². The van der Waals surface area contributed by atoms with E-state index in [2.05, 4.69) is 22.4 Å². The third-order valence-electron chi connectivity index (χ3n) is 3.48. The maximum atomic E-state index is 10.1. The van der Waals surface area contributed by atoms with Crippen LogP contribution in [0.4, 0.5) is 0 Å². The number of hydrogen-bond donors (Lipinski definition) is 3. The van der Waals surface area contributed by atoms with Crippen LogP contribution >= 0.6 is 0 Å². The van der Waals surface area contributed by atoms with Crippen molar-refractivity contribution >= 4 is 5.96 Å². The molecule has 2 aromatic carbocycles. The summed E-state index contributed by atoms with van der Waals surface area (Å²) in [5.74, 6) is 1.04. The number of rotatable bonds is 7. The Morgan fingerprint density at radius 3 is 2.74 bits per heavy atom. The summed E-state index contributed by atoms with van der Waals surface area (Å²) < 4.78 is 5.14. The van der Waals surface area contributed by atoms with E-state index >= 15 is 0 Å². The van der Waals surface area contributed by atoms with Gasteiger partial charge in [0, 0.05) is 6.54 Å². The number of hydrogen-bond acceptors (Lipinski definition) is 3. The minimum Gasteiger partial charge on any atom is -0.497 e. The number of nitrogens with zero attached hydrogens (tertiary/aromatic N) is 1. The Hall–Kier alpha value is -2.53. The van der Waals surface area contributed by atoms with E-state index in [0.29, 0.717) is 18.3 Å². The maximum absolute atomic E-state index is 10.1. The van der Waals surface area contributed by atoms with Crippen LogP contribution in [0, 0.1) is 0 Å². The molecule has 0 spiro atoms. The number of nitrogens with one attached hydrogen (secondary N) is 1. The predicted molar refractivity (Wildman–Crippen MR) is 92.6 cm³/mol. The molecule has 2 aromatic rings. The highest BCUT2D eigenvalue weighted by atomic mass is 16.5. The topological polar surface area (TPSA) is 79.9 Å². The molecular formula is C18H23N3O2. The molecule has 0 aromatic heterocycles. The van der Waals surface area contributed by atoms with Gasteiger partial charge in [-0.3, -0.25) is 4.99 Å². The number of ether oxygens (including phenoxy) is 1. The summed E-state index contributed by atoms with van der Waals surface area (Å²) in [6.45, 7) is 0.909. The van der Waals surface area contributed by atoms with E-state index in [1.165, 1.54) is 5.56 Å². The standard InChI is InChI=1S/C18H23N3O2/c1-23-16-9-5-8-15(12-16)17(22)13-21-18(19)20-11-10-14-6-3-2-4-7-14/h2-9,12,17,22H,10-11,13H2,1H3,(H3,19,20,21). The molecule has 122 valence electrons. The Morgan fingerprint density at radius 2 is 2.00 bits per heavy atom. The number of aliphatic hydroxyl groups excluding tert-OH is 1. The summed E-state index contributed by atoms with van der Waals surface area (Å²) in [5.41, 5.74) is 7.82. The fourth-order valence-corrected chi connectivity index (χ4v) is 2.17. The maximum Gasteiger partial charge on any atom is 0.188 e. The molecule has 0 bridgehead atoms. The van der Waals surface area contributed by atoms with Gasteiger partial charge in [0.1, 0.15) is 5.75 Å². The first-order valence-electron chi connectivity index (χ1n) is 7.59. The van der Waals surface area contributed by atoms with Crippen molar-refractivity contribution in [3.05, 3.63) is 65.7 Å². The Labute approximate surface area is 136 Å². The molecule has 1 atom stereocenters. The Morgan fingerprint density at radius 1 is 1.22 bits per heavy atom. The monoisotopic (exact) mass is 313 g/mol. The number of guanidine groups is 1. The van der Waals surface area contributed by atoms with E-state index in [0.717, 1.165) is 12.0 Å². The highest BCUT2D eigenvalue weighted by Crippen LogP contribution is 2.19. The van der Waals surface area contributed by atoms with Gasteiger partial charge in [-0.15, -0.1) is 0 Å². The first kappa shape index (κ1) is 16.8. The van der Waals surface area contributed by atoms with E-state index < -0.39 is 6.10 Å². The zero-order valence-corrected chi connectivity index (χ0v) is 13.3. The number of methoxy groups -OCH3 is 1. The van der Waals surface area contributed by atoms with E-state index in [4.69, 9.17) is 10.5 Å². The highest BCUT2D eigenvalue weighted by molar-refractivity contribution is 5.77. The fourth-order valence-electron chi connectivity index (χ4n) is 2.17. The van der Waals surface area contributed by atoms with Gasteiger partial charge in [0.2, 0.25) is 0 Å². The van der Waals surface area contributed by atoms with Crippen molar-refractivity contribution < 1.29 is 9.84 Å². The second-order valence-electron chi connectivity index (χ2n) is 5.18. The number of aliphatic imine (C=N–C) groups is 1. The van der Waals surface area contributed by atoms with E-state index in [9.17, 15) is 5.11 Å². The molecule has 0 radical (unpaired) electrons. The Kier molecular flexibility index (Phi) is 6.44. The predicted octanol–water partition coefficient (Wildman–Crippen LogP) is 1.88. The molecule has 1 unspecified atom stereocenters. The molecule has 0 amide bonds. The van der Waals surface area contributed by atoms with Crippen LogP contribution in [0.2, 0.25) is 0 Å². The highest BCUT2D eigenvalue weighted by Gasteiger charge is 2.07. The summed E-state index contributed by atoms with van der Waals surface area (Å²) >= 11 is 0. The largest absolute Gasteiger partial charge is 0.497 e. The van der Waals surface area contributed by atoms with Crippen molar-refractivity contribution in [3.63, 3.8) is 0 Å². The summed E-state index contributed by atoms with van der Waals surface area (Å²) in [7, 11) is 1.60. The van der Waals surface area contributed by atoms with Crippen molar-refractivity contribution in [1.82, 2.24) is 5.32 Å². The Balaban J connectivity index is 1.79. The van der Waals surface area contributed by atoms with Crippen molar-refractivity contribution in [2.75, 3.05) is 20.2 Å². The average Bonchev–Trinajstić information content (AvgIpc) is 2.60. The smallest absolute Gasteiger partial charge is 0.188 e. The zero-order chi connectivity index (χ0) is 16.5. The molecule has 0 aliphatic heterocycles. The minimum atomic E-state index is -0.709. The van der Waals surface area contributed by atoms with Crippen LogP contribution in [-0.2, 0) is 6.42 Å². The van der Waals surface area contributed by atoms with Crippen LogP contribution in [0.5, 0.6) is 5.75 Å². The molecule has 0 heterocycles. The second kappa shape index (κ2) is 8.80. The van der Waals surface area contributed by atoms with Crippen molar-refractivity contribution in [2.45, 2.75) is 12.5 Å². The van der Waals surface area contributed by atoms with Crippen LogP contribution in [0.25, 0.3) is 0 Å². The SMILES string of the molecule is COc1cccc(C(O)CN=C(N)NCCc2ccccc2)c1. The van der Waals surface area contributed by atoms with Crippen LogP contribution in [-0.4, -0.2) is 31.3 Å². The van der Waals surface area contributed by atoms with Crippen molar-refractivity contribution in [3.8, 4) is 5.75 Å². The lowest BCUT2D eigenvalue weighted by atomic mass is 10.1. The normalized spacial score (nSPS) is 12.7. The second-order valence-corrected chi connectivity index (χ2v) is 5.18. The van der Waals surface area contributed by atoms with Gasteiger partial charge in [-0.05, 0) is 29.7 Å². The zero-order valence-electron chi connectivity index (χ0n) is 13.3. The molecule has 0 fully saturated rings. The molecule has 0 aliphatic rings. The van der Waals surface area contributed by atoms with Crippen LogP contribution in [0.3, 0.4) is 0 Å². The van der Waals surface area contributed by atoms with Gasteiger partial charge in [0.15, 0.2) is 5.96 Å². The molecule has 0 saturated heterocycles. The number of nitrogens with two attached hydrogens (primary N) is 1. The number of aliphatic hydroxyl groups is 1. The van der Waals surface area contributed by atoms with Gasteiger partial charge < -0.3 is 20.9 Å². The van der Waals surface area contributed by atoms with Crippen LogP contribution < -0.4 is 15.8 Å². The first-order valence-corrected chi connectivity index (χ1v) is 7.59. The first-order chi connectivity index (χ1) is 11.2. The minimum absolute atomic E-state index is 0.206. The summed E-state index contributed by atoms with van der Waals surface area (Å²) in [5, 5.41) is 13.2. The summed E-state index contributed by atoms with van der Waals surface area (Å²) in [4.78, 5) is 4.18. The third-order valence-corrected chi connectivity index (χ3v) is 3.48. The van der Waals surface area contributed by atoms with Gasteiger partial charge in [-0.1, -0.05) is 42.5 Å². The molecule has 23 heavy (non-hydrogen) atoms. The molecular weight excluding hydrogens is 290 g/mol. The third kappa shape index (κ3) is 5.64. The van der Waals surface area contributed by atoms with Gasteiger partial charge in [-0.2, -0.15) is 0 Å². The van der Waals surface area contributed by atoms with Crippen LogP contribution in [0.1, 0.15) is 17.2 Å². The number of benzene rings is 2. The van der Waals surface area contributed by atoms with Gasteiger partial charge in [0.25, 0.3) is 0 Å². The van der Waals surface area contributed by atoms with E-state index in [-0.39, 0.29) is 6.54 Å². The molecule has 0 saturated carbocycles. The average molecular weight is 313 g/mol. The molecule has 5 nitrogen and oxygen atoms in total. The molecule has 5 heteroatoms. The van der Waals surface area contributed by atoms with Gasteiger partial charge >= 0.3 is 0 Å². The molecule has 2 rings (SSSR count). The van der Waals surface area contributed by atoms with Gasteiger partial charge in [0.05, 0.1) is 19.8 Å². The van der Waals surface area contributed by atoms with Crippen molar-refractivity contribution in [2.24, 2.45) is 10.7 Å². The summed E-state index contributed by atoms with van der Waals surface area (Å²) in [6, 6.07) is 17.5. The van der Waals surface area contributed by atoms with Crippen molar-refractivity contribution in [1.29, 1.82) is 0 Å². The lowest BCUT2D eigenvalue weighted by Gasteiger charge is -2.11. The van der Waals surface area contributed by atoms with E-state index in [1.54, 1.807) is 13.2 Å². The lowest BCUT2D eigenvalue weighted by molar-refractivity contribution is 0.186. The van der Waals surface area contributed by atoms with E-state index in [1.807, 2.05) is 36.4 Å². The molecule has 0 aliphatic carbocycles. The lowest BCUT2D eigenvalue weighted by Crippen LogP contribution is -2.33. The Bertz CT molecular complexity index is 629. The summed E-state index contributed by atoms with van der Waals surface area (Å²) in [6.07, 6.45) is 0.162. The van der Waals surface area contributed by atoms with Crippen LogP contribution in [0.15, 0.2) is 59.6 Å². The fraction of sp³-hybridized carbons (Fsp3) is 0.278. The quantitative estimate of drug-likeness (QED) is 0.538. The molecule has 4 N–H and O–H groups in total.